The minimum Gasteiger partial charge on any atom is -0.445 e. The van der Waals surface area contributed by atoms with Gasteiger partial charge in [-0.3, -0.25) is 4.79 Å². The van der Waals surface area contributed by atoms with Crippen LogP contribution < -0.4 is 5.73 Å². The van der Waals surface area contributed by atoms with Crippen LogP contribution >= 0.6 is 0 Å². The molecule has 6 nitrogen and oxygen atoms in total. The molecule has 0 aromatic heterocycles. The van der Waals surface area contributed by atoms with Crippen molar-refractivity contribution in [2.45, 2.75) is 39.0 Å². The second kappa shape index (κ2) is 8.15. The number of hydrogen-bond donors (Lipinski definition) is 1. The summed E-state index contributed by atoms with van der Waals surface area (Å²) in [4.78, 5) is 27.8. The van der Waals surface area contributed by atoms with Crippen molar-refractivity contribution >= 4 is 12.0 Å². The third kappa shape index (κ3) is 4.47. The van der Waals surface area contributed by atoms with E-state index in [0.717, 1.165) is 12.0 Å². The smallest absolute Gasteiger partial charge is 0.410 e. The molecule has 0 radical (unpaired) electrons. The Morgan fingerprint density at radius 3 is 2.62 bits per heavy atom. The first-order chi connectivity index (χ1) is 11.4. The monoisotopic (exact) mass is 333 g/mol. The van der Waals surface area contributed by atoms with Gasteiger partial charge in [0.2, 0.25) is 5.91 Å². The molecule has 1 aliphatic heterocycles. The topological polar surface area (TPSA) is 75.9 Å². The van der Waals surface area contributed by atoms with Gasteiger partial charge >= 0.3 is 6.09 Å². The molecule has 2 atom stereocenters. The molecule has 0 aliphatic carbocycles. The molecule has 1 aliphatic rings. The second-order valence-electron chi connectivity index (χ2n) is 6.65. The van der Waals surface area contributed by atoms with Gasteiger partial charge in [-0.25, -0.2) is 4.79 Å². The molecule has 1 fully saturated rings. The van der Waals surface area contributed by atoms with E-state index in [2.05, 4.69) is 0 Å². The van der Waals surface area contributed by atoms with Crippen molar-refractivity contribution in [3.05, 3.63) is 35.9 Å². The third-order valence-corrected chi connectivity index (χ3v) is 4.53. The van der Waals surface area contributed by atoms with E-state index in [-0.39, 0.29) is 30.6 Å². The van der Waals surface area contributed by atoms with Gasteiger partial charge in [0.05, 0.1) is 12.1 Å². The highest BCUT2D eigenvalue weighted by Gasteiger charge is 2.33. The van der Waals surface area contributed by atoms with Crippen LogP contribution in [0.5, 0.6) is 0 Å². The molecular weight excluding hydrogens is 306 g/mol. The summed E-state index contributed by atoms with van der Waals surface area (Å²) in [7, 11) is 1.76. The summed E-state index contributed by atoms with van der Waals surface area (Å²) in [5.74, 6) is 0.0165. The van der Waals surface area contributed by atoms with Gasteiger partial charge in [-0.1, -0.05) is 44.2 Å². The lowest BCUT2D eigenvalue weighted by Gasteiger charge is -2.28. The lowest BCUT2D eigenvalue weighted by atomic mass is 10.0. The minimum absolute atomic E-state index is 0.00780. The average Bonchev–Trinajstić information content (AvgIpc) is 3.08. The van der Waals surface area contributed by atoms with Gasteiger partial charge in [0, 0.05) is 20.1 Å². The minimum atomic E-state index is -0.505. The van der Waals surface area contributed by atoms with Crippen LogP contribution in [0.3, 0.4) is 0 Å². The van der Waals surface area contributed by atoms with E-state index >= 15 is 0 Å². The Kier molecular flexibility index (Phi) is 6.20. The first-order valence-corrected chi connectivity index (χ1v) is 8.38. The van der Waals surface area contributed by atoms with E-state index in [1.165, 1.54) is 0 Å². The molecule has 24 heavy (non-hydrogen) atoms. The number of likely N-dealkylation sites (N-methyl/N-ethyl adjacent to an activating group) is 1. The number of benzene rings is 1. The van der Waals surface area contributed by atoms with Gasteiger partial charge in [-0.2, -0.15) is 0 Å². The molecule has 1 aromatic rings. The first kappa shape index (κ1) is 18.3. The standard InChI is InChI=1S/C18H27N3O3/c1-13(2)16(19)17(22)20(3)15-9-10-21(11-15)18(23)24-12-14-7-5-4-6-8-14/h4-8,13,15-16H,9-12,19H2,1-3H3/t15?,16-/m0/s1. The zero-order valence-corrected chi connectivity index (χ0v) is 14.6. The number of hydrogen-bond acceptors (Lipinski definition) is 4. The summed E-state index contributed by atoms with van der Waals surface area (Å²) < 4.78 is 5.35. The number of likely N-dealkylation sites (tertiary alicyclic amines) is 1. The zero-order valence-electron chi connectivity index (χ0n) is 14.6. The Morgan fingerprint density at radius 1 is 1.33 bits per heavy atom. The number of nitrogens with zero attached hydrogens (tertiary/aromatic N) is 2. The maximum atomic E-state index is 12.3. The maximum absolute atomic E-state index is 12.3. The predicted octanol–water partition coefficient (Wildman–Crippen LogP) is 1.84. The van der Waals surface area contributed by atoms with E-state index in [0.29, 0.717) is 13.1 Å². The van der Waals surface area contributed by atoms with Crippen molar-refractivity contribution in [3.63, 3.8) is 0 Å². The lowest BCUT2D eigenvalue weighted by Crippen LogP contribution is -2.49. The molecule has 0 bridgehead atoms. The fourth-order valence-corrected chi connectivity index (χ4v) is 2.73. The van der Waals surface area contributed by atoms with Crippen molar-refractivity contribution in [1.29, 1.82) is 0 Å². The van der Waals surface area contributed by atoms with E-state index in [4.69, 9.17) is 10.5 Å². The zero-order chi connectivity index (χ0) is 17.7. The van der Waals surface area contributed by atoms with Gasteiger partial charge in [-0.15, -0.1) is 0 Å². The van der Waals surface area contributed by atoms with Gasteiger partial charge in [0.25, 0.3) is 0 Å². The SMILES string of the molecule is CC(C)[C@H](N)C(=O)N(C)C1CCN(C(=O)OCc2ccccc2)C1. The molecule has 2 N–H and O–H groups in total. The quantitative estimate of drug-likeness (QED) is 0.892. The molecular formula is C18H27N3O3. The van der Waals surface area contributed by atoms with Crippen LogP contribution in [0.15, 0.2) is 30.3 Å². The van der Waals surface area contributed by atoms with Crippen molar-refractivity contribution < 1.29 is 14.3 Å². The van der Waals surface area contributed by atoms with Crippen LogP contribution in [-0.4, -0.2) is 54.0 Å². The van der Waals surface area contributed by atoms with Gasteiger partial charge in [0.15, 0.2) is 0 Å². The first-order valence-electron chi connectivity index (χ1n) is 8.38. The molecule has 1 unspecified atom stereocenters. The summed E-state index contributed by atoms with van der Waals surface area (Å²) in [6.07, 6.45) is 0.406. The van der Waals surface area contributed by atoms with Crippen molar-refractivity contribution in [2.24, 2.45) is 11.7 Å². The average molecular weight is 333 g/mol. The second-order valence-corrected chi connectivity index (χ2v) is 6.65. The van der Waals surface area contributed by atoms with E-state index in [1.54, 1.807) is 16.8 Å². The highest BCUT2D eigenvalue weighted by atomic mass is 16.6. The number of carbonyl (C=O) groups is 2. The molecule has 1 aromatic carbocycles. The molecule has 6 heteroatoms. The normalized spacial score (nSPS) is 18.5. The Labute approximate surface area is 143 Å². The van der Waals surface area contributed by atoms with Crippen molar-refractivity contribution in [3.8, 4) is 0 Å². The third-order valence-electron chi connectivity index (χ3n) is 4.53. The number of rotatable bonds is 5. The Bertz CT molecular complexity index is 562. The Morgan fingerprint density at radius 2 is 2.00 bits per heavy atom. The highest BCUT2D eigenvalue weighted by molar-refractivity contribution is 5.82. The summed E-state index contributed by atoms with van der Waals surface area (Å²) >= 11 is 0. The van der Waals surface area contributed by atoms with E-state index in [9.17, 15) is 9.59 Å². The van der Waals surface area contributed by atoms with E-state index in [1.807, 2.05) is 44.2 Å². The molecule has 0 spiro atoms. The van der Waals surface area contributed by atoms with E-state index < -0.39 is 6.04 Å². The van der Waals surface area contributed by atoms with Gasteiger partial charge < -0.3 is 20.3 Å². The van der Waals surface area contributed by atoms with Crippen LogP contribution in [0, 0.1) is 5.92 Å². The van der Waals surface area contributed by atoms with Crippen LogP contribution in [0.4, 0.5) is 4.79 Å². The maximum Gasteiger partial charge on any atom is 0.410 e. The Balaban J connectivity index is 1.83. The van der Waals surface area contributed by atoms with Crippen molar-refractivity contribution in [2.75, 3.05) is 20.1 Å². The fourth-order valence-electron chi connectivity index (χ4n) is 2.73. The molecule has 1 heterocycles. The number of amides is 2. The van der Waals surface area contributed by atoms with Gasteiger partial charge in [-0.05, 0) is 17.9 Å². The number of ether oxygens (including phenoxy) is 1. The van der Waals surface area contributed by atoms with Crippen LogP contribution in [0.1, 0.15) is 25.8 Å². The van der Waals surface area contributed by atoms with Crippen LogP contribution in [0.2, 0.25) is 0 Å². The molecule has 2 amide bonds. The molecule has 132 valence electrons. The fraction of sp³-hybridized carbons (Fsp3) is 0.556. The van der Waals surface area contributed by atoms with Gasteiger partial charge in [0.1, 0.15) is 6.61 Å². The predicted molar refractivity (Wildman–Crippen MR) is 92.2 cm³/mol. The molecule has 1 saturated heterocycles. The Hall–Kier alpha value is -2.08. The molecule has 2 rings (SSSR count). The summed E-state index contributed by atoms with van der Waals surface area (Å²) in [6.45, 7) is 5.19. The van der Waals surface area contributed by atoms with Crippen molar-refractivity contribution in [1.82, 2.24) is 9.80 Å². The summed E-state index contributed by atoms with van der Waals surface area (Å²) in [5.41, 5.74) is 6.89. The number of carbonyl (C=O) groups excluding carboxylic acids is 2. The van der Waals surface area contributed by atoms with Crippen LogP contribution in [0.25, 0.3) is 0 Å². The summed E-state index contributed by atoms with van der Waals surface area (Å²) in [5, 5.41) is 0. The lowest BCUT2D eigenvalue weighted by molar-refractivity contribution is -0.134. The molecule has 0 saturated carbocycles. The van der Waals surface area contributed by atoms with Crippen LogP contribution in [-0.2, 0) is 16.1 Å². The number of nitrogens with two attached hydrogens (primary N) is 1. The summed E-state index contributed by atoms with van der Waals surface area (Å²) in [6, 6.07) is 9.06. The highest BCUT2D eigenvalue weighted by Crippen LogP contribution is 2.17. The largest absolute Gasteiger partial charge is 0.445 e.